The fraction of sp³-hybridized carbons (Fsp3) is 0.688. The first-order valence-corrected chi connectivity index (χ1v) is 8.69. The number of amides is 1. The molecule has 0 radical (unpaired) electrons. The average Bonchev–Trinajstić information content (AvgIpc) is 3.18. The van der Waals surface area contributed by atoms with Gasteiger partial charge < -0.3 is 11.1 Å². The Hall–Kier alpha value is -0.580. The second-order valence-corrected chi connectivity index (χ2v) is 7.22. The molecule has 2 saturated carbocycles. The lowest BCUT2D eigenvalue weighted by Crippen LogP contribution is -2.51. The van der Waals surface area contributed by atoms with Crippen molar-refractivity contribution in [2.45, 2.75) is 56.4 Å². The van der Waals surface area contributed by atoms with Crippen molar-refractivity contribution in [3.63, 3.8) is 0 Å². The quantitative estimate of drug-likeness (QED) is 0.872. The molecule has 0 saturated heterocycles. The van der Waals surface area contributed by atoms with Crippen LogP contribution in [0.2, 0.25) is 0 Å². The Kier molecular flexibility index (Phi) is 5.69. The van der Waals surface area contributed by atoms with Gasteiger partial charge in [0.05, 0.1) is 5.41 Å². The Morgan fingerprint density at radius 2 is 2.10 bits per heavy atom. The maximum absolute atomic E-state index is 13.0. The number of rotatable bonds is 5. The van der Waals surface area contributed by atoms with Gasteiger partial charge in [-0.25, -0.2) is 0 Å². The second-order valence-electron chi connectivity index (χ2n) is 6.27. The van der Waals surface area contributed by atoms with E-state index in [1.165, 1.54) is 24.1 Å². The molecule has 2 aliphatic rings. The molecule has 3 N–H and O–H groups in total. The first kappa shape index (κ1) is 16.8. The van der Waals surface area contributed by atoms with Crippen LogP contribution in [0.1, 0.15) is 49.8 Å². The van der Waals surface area contributed by atoms with E-state index in [1.807, 2.05) is 0 Å². The van der Waals surface area contributed by atoms with Gasteiger partial charge in [0.25, 0.3) is 0 Å². The van der Waals surface area contributed by atoms with Crippen molar-refractivity contribution in [1.29, 1.82) is 0 Å². The van der Waals surface area contributed by atoms with Crippen LogP contribution in [0.5, 0.6) is 0 Å². The third-order valence-electron chi connectivity index (χ3n) is 4.90. The molecule has 2 aliphatic carbocycles. The number of nitrogens with one attached hydrogen (secondary N) is 1. The topological polar surface area (TPSA) is 55.1 Å². The molecule has 0 aromatic carbocycles. The lowest BCUT2D eigenvalue weighted by Gasteiger charge is -2.36. The lowest BCUT2D eigenvalue weighted by molar-refractivity contribution is -0.128. The number of carbonyl (C=O) groups is 1. The lowest BCUT2D eigenvalue weighted by atomic mass is 9.72. The molecule has 3 nitrogen and oxygen atoms in total. The van der Waals surface area contributed by atoms with E-state index in [9.17, 15) is 4.79 Å². The summed E-state index contributed by atoms with van der Waals surface area (Å²) in [6.45, 7) is 0.566. The van der Waals surface area contributed by atoms with Crippen molar-refractivity contribution in [2.24, 2.45) is 11.7 Å². The summed E-state index contributed by atoms with van der Waals surface area (Å²) in [5.74, 6) is 0.843. The summed E-state index contributed by atoms with van der Waals surface area (Å²) >= 11 is 1.72. The van der Waals surface area contributed by atoms with Crippen molar-refractivity contribution in [3.8, 4) is 0 Å². The molecule has 3 rings (SSSR count). The summed E-state index contributed by atoms with van der Waals surface area (Å²) < 4.78 is 0. The van der Waals surface area contributed by atoms with E-state index in [0.29, 0.717) is 12.5 Å². The van der Waals surface area contributed by atoms with Crippen LogP contribution < -0.4 is 11.1 Å². The van der Waals surface area contributed by atoms with Crippen molar-refractivity contribution in [2.75, 3.05) is 6.54 Å². The molecule has 0 bridgehead atoms. The van der Waals surface area contributed by atoms with Crippen LogP contribution in [0, 0.1) is 5.92 Å². The van der Waals surface area contributed by atoms with Gasteiger partial charge in [0.1, 0.15) is 0 Å². The van der Waals surface area contributed by atoms with Crippen LogP contribution in [-0.2, 0) is 10.2 Å². The highest BCUT2D eigenvalue weighted by Crippen LogP contribution is 2.42. The molecular weight excluding hydrogens is 304 g/mol. The van der Waals surface area contributed by atoms with Crippen LogP contribution in [0.15, 0.2) is 17.5 Å². The normalized spacial score (nSPS) is 22.1. The molecule has 1 unspecified atom stereocenters. The summed E-state index contributed by atoms with van der Waals surface area (Å²) in [5.41, 5.74) is 5.56. The Morgan fingerprint density at radius 1 is 1.38 bits per heavy atom. The number of carbonyl (C=O) groups excluding carboxylic acids is 1. The van der Waals surface area contributed by atoms with E-state index in [0.717, 1.165) is 25.7 Å². The van der Waals surface area contributed by atoms with Gasteiger partial charge in [-0.05, 0) is 43.0 Å². The fourth-order valence-corrected chi connectivity index (χ4v) is 4.45. The van der Waals surface area contributed by atoms with Crippen molar-refractivity contribution in [3.05, 3.63) is 22.4 Å². The summed E-state index contributed by atoms with van der Waals surface area (Å²) in [5, 5.41) is 5.35. The van der Waals surface area contributed by atoms with E-state index in [1.54, 1.807) is 11.3 Å². The number of nitrogens with two attached hydrogens (primary N) is 1. The van der Waals surface area contributed by atoms with Gasteiger partial charge in [-0.2, -0.15) is 0 Å². The average molecular weight is 329 g/mol. The molecule has 0 aliphatic heterocycles. The molecule has 1 heterocycles. The monoisotopic (exact) mass is 328 g/mol. The first-order valence-electron chi connectivity index (χ1n) is 7.81. The standard InChI is InChI=1S/C16H24N2OS.ClH/c17-11-13(12-6-7-12)18-15(19)16(8-2-1-3-9-16)14-5-4-10-20-14;/h4-5,10,12-13H,1-3,6-9,11,17H2,(H,18,19);1H. The van der Waals surface area contributed by atoms with Gasteiger partial charge >= 0.3 is 0 Å². The number of thiophene rings is 1. The Bertz CT molecular complexity index is 453. The van der Waals surface area contributed by atoms with E-state index in [4.69, 9.17) is 5.73 Å². The first-order chi connectivity index (χ1) is 9.76. The van der Waals surface area contributed by atoms with Crippen molar-refractivity contribution < 1.29 is 4.79 Å². The molecule has 1 aromatic heterocycles. The minimum Gasteiger partial charge on any atom is -0.351 e. The summed E-state index contributed by atoms with van der Waals surface area (Å²) in [6, 6.07) is 4.37. The Morgan fingerprint density at radius 3 is 2.62 bits per heavy atom. The van der Waals surface area contributed by atoms with E-state index < -0.39 is 0 Å². The van der Waals surface area contributed by atoms with Gasteiger partial charge in [-0.1, -0.05) is 25.3 Å². The van der Waals surface area contributed by atoms with Crippen LogP contribution >= 0.6 is 23.7 Å². The van der Waals surface area contributed by atoms with Crippen molar-refractivity contribution >= 4 is 29.7 Å². The second kappa shape index (κ2) is 7.12. The zero-order valence-corrected chi connectivity index (χ0v) is 14.0. The largest absolute Gasteiger partial charge is 0.351 e. The third kappa shape index (κ3) is 3.43. The maximum Gasteiger partial charge on any atom is 0.231 e. The molecule has 5 heteroatoms. The number of hydrogen-bond acceptors (Lipinski definition) is 3. The molecular formula is C16H25ClN2OS. The highest BCUT2D eigenvalue weighted by Gasteiger charge is 2.43. The van der Waals surface area contributed by atoms with Gasteiger partial charge in [0.15, 0.2) is 0 Å². The zero-order chi connectivity index (χ0) is 14.0. The highest BCUT2D eigenvalue weighted by molar-refractivity contribution is 7.10. The molecule has 21 heavy (non-hydrogen) atoms. The SMILES string of the molecule is Cl.NCC(NC(=O)C1(c2cccs2)CCCCC1)C1CC1. The summed E-state index contributed by atoms with van der Waals surface area (Å²) in [4.78, 5) is 14.2. The molecule has 1 aromatic rings. The van der Waals surface area contributed by atoms with E-state index in [-0.39, 0.29) is 29.8 Å². The van der Waals surface area contributed by atoms with E-state index >= 15 is 0 Å². The van der Waals surface area contributed by atoms with Crippen LogP contribution in [0.25, 0.3) is 0 Å². The van der Waals surface area contributed by atoms with Gasteiger partial charge in [0.2, 0.25) is 5.91 Å². The predicted octanol–water partition coefficient (Wildman–Crippen LogP) is 3.23. The van der Waals surface area contributed by atoms with Crippen LogP contribution in [0.4, 0.5) is 0 Å². The third-order valence-corrected chi connectivity index (χ3v) is 5.97. The molecule has 118 valence electrons. The number of halogens is 1. The Balaban J connectivity index is 0.00000161. The van der Waals surface area contributed by atoms with E-state index in [2.05, 4.69) is 22.8 Å². The zero-order valence-electron chi connectivity index (χ0n) is 12.3. The minimum atomic E-state index is -0.283. The minimum absolute atomic E-state index is 0. The maximum atomic E-state index is 13.0. The fourth-order valence-electron chi connectivity index (χ4n) is 3.47. The number of hydrogen-bond donors (Lipinski definition) is 2. The van der Waals surface area contributed by atoms with Crippen molar-refractivity contribution in [1.82, 2.24) is 5.32 Å². The summed E-state index contributed by atoms with van der Waals surface area (Å²) in [7, 11) is 0. The highest BCUT2D eigenvalue weighted by atomic mass is 35.5. The van der Waals surface area contributed by atoms with Gasteiger partial charge in [0, 0.05) is 17.5 Å². The molecule has 1 atom stereocenters. The van der Waals surface area contributed by atoms with Crippen LogP contribution in [0.3, 0.4) is 0 Å². The Labute approximate surface area is 137 Å². The predicted molar refractivity (Wildman–Crippen MR) is 90.0 cm³/mol. The van der Waals surface area contributed by atoms with Gasteiger partial charge in [-0.15, -0.1) is 23.7 Å². The molecule has 0 spiro atoms. The van der Waals surface area contributed by atoms with Crippen LogP contribution in [-0.4, -0.2) is 18.5 Å². The summed E-state index contributed by atoms with van der Waals surface area (Å²) in [6.07, 6.45) is 7.97. The molecule has 2 fully saturated rings. The van der Waals surface area contributed by atoms with Gasteiger partial charge in [-0.3, -0.25) is 4.79 Å². The molecule has 1 amide bonds. The smallest absolute Gasteiger partial charge is 0.231 e.